The molecule has 2 heterocycles. The van der Waals surface area contributed by atoms with Gasteiger partial charge in [-0.1, -0.05) is 27.7 Å². The number of nitrogens with zero attached hydrogens (tertiary/aromatic N) is 3. The van der Waals surface area contributed by atoms with E-state index in [-0.39, 0.29) is 23.3 Å². The molecule has 2 amide bonds. The maximum atomic E-state index is 12.4. The lowest BCUT2D eigenvalue weighted by Crippen LogP contribution is -2.42. The van der Waals surface area contributed by atoms with E-state index in [1.54, 1.807) is 33.0 Å². The fraction of sp³-hybridized carbons (Fsp3) is 0.680. The molecule has 0 aliphatic carbocycles. The maximum Gasteiger partial charge on any atom is 0.438 e. The Hall–Kier alpha value is -2.26. The van der Waals surface area contributed by atoms with Crippen LogP contribution in [0.3, 0.4) is 0 Å². The van der Waals surface area contributed by atoms with Crippen molar-refractivity contribution in [2.24, 2.45) is 11.0 Å². The van der Waals surface area contributed by atoms with E-state index in [4.69, 9.17) is 13.9 Å². The molecule has 1 unspecified atom stereocenters. The topological polar surface area (TPSA) is 90.3 Å². The minimum absolute atomic E-state index is 0.161. The average molecular weight is 492 g/mol. The molecular formula is C25H41N3O5Si. The lowest BCUT2D eigenvalue weighted by atomic mass is 9.97. The van der Waals surface area contributed by atoms with E-state index in [1.807, 2.05) is 13.0 Å². The first-order valence-electron chi connectivity index (χ1n) is 12.0. The summed E-state index contributed by atoms with van der Waals surface area (Å²) < 4.78 is 17.3. The number of carbonyl (C=O) groups is 2. The molecule has 0 saturated carbocycles. The van der Waals surface area contributed by atoms with Crippen molar-refractivity contribution in [3.63, 3.8) is 0 Å². The quantitative estimate of drug-likeness (QED) is 0.339. The number of hydrogen-bond donors (Lipinski definition) is 0. The SMILES string of the molecule is CC1CC(=O)N(C(=O)OC(C)(C)C)N=C1c1ccc(OCCCCO[Si](C)(C)C(C)(C)C)cn1. The fourth-order valence-electron chi connectivity index (χ4n) is 3.01. The van der Waals surface area contributed by atoms with Crippen molar-refractivity contribution in [1.29, 1.82) is 0 Å². The summed E-state index contributed by atoms with van der Waals surface area (Å²) in [4.78, 5) is 29.2. The highest BCUT2D eigenvalue weighted by molar-refractivity contribution is 6.74. The summed E-state index contributed by atoms with van der Waals surface area (Å²) in [5, 5.41) is 5.29. The molecule has 34 heavy (non-hydrogen) atoms. The summed E-state index contributed by atoms with van der Waals surface area (Å²) in [5.41, 5.74) is 0.452. The Bertz CT molecular complexity index is 885. The monoisotopic (exact) mass is 491 g/mol. The van der Waals surface area contributed by atoms with Gasteiger partial charge in [0.1, 0.15) is 11.4 Å². The summed E-state index contributed by atoms with van der Waals surface area (Å²) in [6, 6.07) is 3.63. The second-order valence-corrected chi connectivity index (χ2v) is 16.1. The van der Waals surface area contributed by atoms with Gasteiger partial charge in [-0.3, -0.25) is 9.78 Å². The zero-order chi connectivity index (χ0) is 25.7. The average Bonchev–Trinajstić information content (AvgIpc) is 2.69. The van der Waals surface area contributed by atoms with Gasteiger partial charge in [0.2, 0.25) is 0 Å². The van der Waals surface area contributed by atoms with Crippen LogP contribution in [0.1, 0.15) is 73.4 Å². The van der Waals surface area contributed by atoms with Gasteiger partial charge < -0.3 is 13.9 Å². The molecule has 8 nitrogen and oxygen atoms in total. The predicted molar refractivity (Wildman–Crippen MR) is 136 cm³/mol. The molecule has 0 N–H and O–H groups in total. The third-order valence-corrected chi connectivity index (χ3v) is 10.6. The van der Waals surface area contributed by atoms with Crippen LogP contribution in [-0.4, -0.2) is 54.8 Å². The summed E-state index contributed by atoms with van der Waals surface area (Å²) in [5.74, 6) is 0.118. The minimum atomic E-state index is -1.70. The zero-order valence-corrected chi connectivity index (χ0v) is 23.2. The second-order valence-electron chi connectivity index (χ2n) is 11.3. The Labute approximate surface area is 205 Å². The standard InChI is InChI=1S/C25H41N3O5Si/c1-18-16-21(29)28(23(30)33-24(2,3)4)27-22(18)20-13-12-19(17-26-20)31-14-10-11-15-32-34(8,9)25(5,6)7/h12-13,17-18H,10-11,14-16H2,1-9H3. The number of hydrazone groups is 1. The third kappa shape index (κ3) is 7.90. The maximum absolute atomic E-state index is 12.4. The number of pyridine rings is 1. The highest BCUT2D eigenvalue weighted by Crippen LogP contribution is 2.36. The smallest absolute Gasteiger partial charge is 0.438 e. The molecule has 0 bridgehead atoms. The van der Waals surface area contributed by atoms with Crippen molar-refractivity contribution >= 4 is 26.0 Å². The molecule has 190 valence electrons. The highest BCUT2D eigenvalue weighted by Gasteiger charge is 2.37. The van der Waals surface area contributed by atoms with Gasteiger partial charge in [-0.05, 0) is 63.9 Å². The molecule has 0 radical (unpaired) electrons. The van der Waals surface area contributed by atoms with Gasteiger partial charge in [0.15, 0.2) is 8.32 Å². The Morgan fingerprint density at radius 3 is 2.32 bits per heavy atom. The molecule has 0 aromatic carbocycles. The molecule has 0 saturated heterocycles. The van der Waals surface area contributed by atoms with E-state index < -0.39 is 20.0 Å². The van der Waals surface area contributed by atoms with E-state index in [0.29, 0.717) is 23.8 Å². The van der Waals surface area contributed by atoms with Crippen molar-refractivity contribution in [1.82, 2.24) is 9.99 Å². The molecule has 1 aromatic heterocycles. The molecule has 9 heteroatoms. The number of ether oxygens (including phenoxy) is 2. The van der Waals surface area contributed by atoms with Gasteiger partial charge in [-0.2, -0.15) is 5.10 Å². The van der Waals surface area contributed by atoms with Gasteiger partial charge in [0.05, 0.1) is 24.2 Å². The lowest BCUT2D eigenvalue weighted by Gasteiger charge is -2.36. The Morgan fingerprint density at radius 2 is 1.76 bits per heavy atom. The third-order valence-electron chi connectivity index (χ3n) is 6.03. The van der Waals surface area contributed by atoms with Crippen LogP contribution in [0.2, 0.25) is 18.1 Å². The number of unbranched alkanes of at least 4 members (excludes halogenated alkanes) is 1. The number of amides is 2. The van der Waals surface area contributed by atoms with E-state index >= 15 is 0 Å². The molecule has 0 fully saturated rings. The highest BCUT2D eigenvalue weighted by atomic mass is 28.4. The first-order valence-corrected chi connectivity index (χ1v) is 14.9. The van der Waals surface area contributed by atoms with Crippen LogP contribution >= 0.6 is 0 Å². The summed E-state index contributed by atoms with van der Waals surface area (Å²) in [6.07, 6.45) is 2.87. The zero-order valence-electron chi connectivity index (χ0n) is 22.2. The molecule has 0 spiro atoms. The van der Waals surface area contributed by atoms with Crippen molar-refractivity contribution in [2.75, 3.05) is 13.2 Å². The number of rotatable bonds is 8. The van der Waals surface area contributed by atoms with Gasteiger partial charge in [0.25, 0.3) is 5.91 Å². The van der Waals surface area contributed by atoms with Crippen LogP contribution in [0.5, 0.6) is 5.75 Å². The Balaban J connectivity index is 1.91. The largest absolute Gasteiger partial charge is 0.492 e. The summed E-state index contributed by atoms with van der Waals surface area (Å²) in [7, 11) is -1.70. The van der Waals surface area contributed by atoms with E-state index in [0.717, 1.165) is 24.5 Å². The second kappa shape index (κ2) is 11.0. The van der Waals surface area contributed by atoms with Crippen LogP contribution < -0.4 is 4.74 Å². The fourth-order valence-corrected chi connectivity index (χ4v) is 4.10. The first kappa shape index (κ1) is 28.0. The van der Waals surface area contributed by atoms with Crippen LogP contribution in [0, 0.1) is 5.92 Å². The molecule has 1 aliphatic rings. The predicted octanol–water partition coefficient (Wildman–Crippen LogP) is 5.77. The summed E-state index contributed by atoms with van der Waals surface area (Å²) in [6.45, 7) is 19.7. The Morgan fingerprint density at radius 1 is 1.12 bits per heavy atom. The van der Waals surface area contributed by atoms with E-state index in [2.05, 4.69) is 44.0 Å². The first-order chi connectivity index (χ1) is 15.6. The molecule has 1 atom stereocenters. The number of hydrogen-bond acceptors (Lipinski definition) is 7. The van der Waals surface area contributed by atoms with Crippen LogP contribution in [-0.2, 0) is 14.0 Å². The van der Waals surface area contributed by atoms with Crippen molar-refractivity contribution < 1.29 is 23.5 Å². The van der Waals surface area contributed by atoms with Gasteiger partial charge in [-0.15, -0.1) is 5.01 Å². The van der Waals surface area contributed by atoms with Crippen LogP contribution in [0.25, 0.3) is 0 Å². The summed E-state index contributed by atoms with van der Waals surface area (Å²) >= 11 is 0. The van der Waals surface area contributed by atoms with E-state index in [1.165, 1.54) is 0 Å². The van der Waals surface area contributed by atoms with Crippen molar-refractivity contribution in [3.8, 4) is 5.75 Å². The van der Waals surface area contributed by atoms with Crippen molar-refractivity contribution in [2.45, 2.75) is 91.5 Å². The van der Waals surface area contributed by atoms with Gasteiger partial charge in [-0.25, -0.2) is 4.79 Å². The number of carbonyl (C=O) groups excluding carboxylic acids is 2. The van der Waals surface area contributed by atoms with Gasteiger partial charge >= 0.3 is 6.09 Å². The van der Waals surface area contributed by atoms with E-state index in [9.17, 15) is 9.59 Å². The minimum Gasteiger partial charge on any atom is -0.492 e. The van der Waals surface area contributed by atoms with Crippen LogP contribution in [0.15, 0.2) is 23.4 Å². The lowest BCUT2D eigenvalue weighted by molar-refractivity contribution is -0.131. The molecule has 1 aliphatic heterocycles. The number of imide groups is 1. The molecule has 1 aromatic rings. The van der Waals surface area contributed by atoms with Gasteiger partial charge in [0, 0.05) is 18.9 Å². The van der Waals surface area contributed by atoms with Crippen LogP contribution in [0.4, 0.5) is 4.79 Å². The normalized spacial score (nSPS) is 17.4. The number of aromatic nitrogens is 1. The molecular weight excluding hydrogens is 450 g/mol. The van der Waals surface area contributed by atoms with Crippen molar-refractivity contribution in [3.05, 3.63) is 24.0 Å². The molecule has 2 rings (SSSR count). The Kier molecular flexibility index (Phi) is 9.04.